The van der Waals surface area contributed by atoms with Crippen LogP contribution < -0.4 is 5.32 Å². The normalized spacial score (nSPS) is 20.3. The van der Waals surface area contributed by atoms with Crippen LogP contribution in [0.3, 0.4) is 0 Å². The molecule has 41 heavy (non-hydrogen) atoms. The van der Waals surface area contributed by atoms with E-state index in [4.69, 9.17) is 4.52 Å². The second kappa shape index (κ2) is 12.6. The summed E-state index contributed by atoms with van der Waals surface area (Å²) in [4.78, 5) is 44.7. The molecule has 0 radical (unpaired) electrons. The number of nitrogens with one attached hydrogen (secondary N) is 1. The van der Waals surface area contributed by atoms with Gasteiger partial charge in [0.1, 0.15) is 12.1 Å². The second-order valence-corrected chi connectivity index (χ2v) is 12.3. The summed E-state index contributed by atoms with van der Waals surface area (Å²) >= 11 is 0. The molecule has 220 valence electrons. The molecule has 1 saturated carbocycles. The Hall–Kier alpha value is -3.42. The number of benzene rings is 1. The Morgan fingerprint density at radius 2 is 1.85 bits per heavy atom. The van der Waals surface area contributed by atoms with Crippen molar-refractivity contribution in [3.05, 3.63) is 59.5 Å². The Morgan fingerprint density at radius 3 is 2.54 bits per heavy atom. The Labute approximate surface area is 243 Å². The molecule has 1 unspecified atom stereocenters. The first-order valence-electron chi connectivity index (χ1n) is 15.4. The number of likely N-dealkylation sites (N-methyl/N-ethyl adjacent to an activating group) is 1. The van der Waals surface area contributed by atoms with Gasteiger partial charge in [-0.15, -0.1) is 0 Å². The van der Waals surface area contributed by atoms with Crippen LogP contribution >= 0.6 is 0 Å². The van der Waals surface area contributed by atoms with Crippen molar-refractivity contribution in [3.63, 3.8) is 0 Å². The predicted octanol–water partition coefficient (Wildman–Crippen LogP) is 5.20. The lowest BCUT2D eigenvalue weighted by Gasteiger charge is -2.43. The molecule has 1 saturated heterocycles. The van der Waals surface area contributed by atoms with Crippen LogP contribution in [0.15, 0.2) is 47.1 Å². The Morgan fingerprint density at radius 1 is 1.12 bits per heavy atom. The van der Waals surface area contributed by atoms with Gasteiger partial charge in [-0.1, -0.05) is 93.9 Å². The zero-order valence-electron chi connectivity index (χ0n) is 24.7. The lowest BCUT2D eigenvalue weighted by Crippen LogP contribution is -2.58. The molecule has 1 aromatic carbocycles. The van der Waals surface area contributed by atoms with E-state index in [-0.39, 0.29) is 28.9 Å². The van der Waals surface area contributed by atoms with E-state index in [1.165, 1.54) is 29.8 Å². The van der Waals surface area contributed by atoms with Gasteiger partial charge in [-0.25, -0.2) is 0 Å². The van der Waals surface area contributed by atoms with Crippen LogP contribution in [0.1, 0.15) is 93.3 Å². The topological polar surface area (TPSA) is 95.8 Å². The fraction of sp³-hybridized carbons (Fsp3) is 0.576. The molecule has 0 bridgehead atoms. The highest BCUT2D eigenvalue weighted by Gasteiger charge is 2.43. The molecule has 1 spiro atoms. The third-order valence-electron chi connectivity index (χ3n) is 9.81. The number of amides is 3. The summed E-state index contributed by atoms with van der Waals surface area (Å²) in [6.07, 6.45) is 14.6. The third kappa shape index (κ3) is 6.11. The lowest BCUT2D eigenvalue weighted by molar-refractivity contribution is -0.148. The first-order valence-corrected chi connectivity index (χ1v) is 15.4. The van der Waals surface area contributed by atoms with E-state index in [9.17, 15) is 14.4 Å². The zero-order chi connectivity index (χ0) is 29.0. The van der Waals surface area contributed by atoms with Crippen LogP contribution in [0.5, 0.6) is 0 Å². The maximum Gasteiger partial charge on any atom is 0.290 e. The number of hydrogen-bond acceptors (Lipinski definition) is 5. The van der Waals surface area contributed by atoms with Gasteiger partial charge in [0.2, 0.25) is 17.6 Å². The molecule has 2 fully saturated rings. The molecule has 2 aliphatic carbocycles. The number of allylic oxidation sites excluding steroid dienone is 1. The number of hydrogen-bond donors (Lipinski definition) is 1. The predicted molar refractivity (Wildman–Crippen MR) is 158 cm³/mol. The molecular formula is C33H44N4O4. The number of rotatable bonds is 9. The van der Waals surface area contributed by atoms with Gasteiger partial charge in [0, 0.05) is 31.6 Å². The Kier molecular flexibility index (Phi) is 8.95. The van der Waals surface area contributed by atoms with Gasteiger partial charge in [-0.3, -0.25) is 14.4 Å². The first kappa shape index (κ1) is 29.1. The molecule has 1 aliphatic heterocycles. The monoisotopic (exact) mass is 560 g/mol. The summed E-state index contributed by atoms with van der Waals surface area (Å²) in [5.74, 6) is -0.267. The number of fused-ring (bicyclic) bond motifs is 2. The maximum atomic E-state index is 14.1. The van der Waals surface area contributed by atoms with E-state index in [1.807, 2.05) is 11.8 Å². The van der Waals surface area contributed by atoms with Crippen LogP contribution in [-0.4, -0.2) is 64.9 Å². The van der Waals surface area contributed by atoms with Gasteiger partial charge in [-0.2, -0.15) is 0 Å². The average molecular weight is 561 g/mol. The summed E-state index contributed by atoms with van der Waals surface area (Å²) in [5, 5.41) is 6.56. The van der Waals surface area contributed by atoms with Crippen molar-refractivity contribution in [3.8, 4) is 0 Å². The van der Waals surface area contributed by atoms with Crippen molar-refractivity contribution in [2.75, 3.05) is 20.1 Å². The molecule has 3 aliphatic rings. The molecule has 8 heteroatoms. The molecule has 8 nitrogen and oxygen atoms in total. The maximum absolute atomic E-state index is 14.1. The molecule has 3 atom stereocenters. The molecule has 1 aromatic heterocycles. The number of carbonyl (C=O) groups excluding carboxylic acids is 3. The fourth-order valence-electron chi connectivity index (χ4n) is 7.12. The van der Waals surface area contributed by atoms with E-state index >= 15 is 0 Å². The smallest absolute Gasteiger partial charge is 0.290 e. The molecule has 3 amide bonds. The number of nitrogens with zero attached hydrogens (tertiary/aromatic N) is 3. The van der Waals surface area contributed by atoms with Gasteiger partial charge in [-0.05, 0) is 42.2 Å². The highest BCUT2D eigenvalue weighted by atomic mass is 16.5. The Bertz CT molecular complexity index is 1240. The van der Waals surface area contributed by atoms with Gasteiger partial charge in [0.05, 0.1) is 6.20 Å². The number of carbonyl (C=O) groups is 3. The Balaban J connectivity index is 1.31. The summed E-state index contributed by atoms with van der Waals surface area (Å²) in [7, 11) is 1.73. The van der Waals surface area contributed by atoms with E-state index in [0.717, 1.165) is 44.9 Å². The minimum Gasteiger partial charge on any atom is -0.351 e. The fourth-order valence-corrected chi connectivity index (χ4v) is 7.12. The van der Waals surface area contributed by atoms with Crippen molar-refractivity contribution < 1.29 is 18.9 Å². The van der Waals surface area contributed by atoms with Crippen molar-refractivity contribution in [2.45, 2.75) is 89.1 Å². The van der Waals surface area contributed by atoms with Crippen LogP contribution in [0, 0.1) is 11.8 Å². The first-order chi connectivity index (χ1) is 19.8. The summed E-state index contributed by atoms with van der Waals surface area (Å²) in [6, 6.07) is 8.70. The largest absolute Gasteiger partial charge is 0.351 e. The van der Waals surface area contributed by atoms with Crippen molar-refractivity contribution >= 4 is 23.8 Å². The number of likely N-dealkylation sites (tertiary alicyclic amines) is 1. The molecule has 2 aromatic rings. The van der Waals surface area contributed by atoms with Crippen LogP contribution in [0.2, 0.25) is 0 Å². The van der Waals surface area contributed by atoms with E-state index in [0.29, 0.717) is 25.4 Å². The lowest BCUT2D eigenvalue weighted by atomic mass is 9.74. The standard InChI is InChI=1S/C33H44N4O4/c1-4-23(2)29(32(40)37-20-17-33(18-21-37)16-14-25-12-8-9-13-26(25)33)36(3)31(39)27(22-24-10-6-5-7-11-24)35-30(38)28-15-19-34-41-28/h8-9,12-16,19,23-24,27,29H,4-7,10-11,17-18,20-22H2,1-3H3,(H,35,38)/t23-,27?,29-/m0/s1. The van der Waals surface area contributed by atoms with E-state index in [1.54, 1.807) is 11.9 Å². The van der Waals surface area contributed by atoms with Gasteiger partial charge in [0.25, 0.3) is 5.91 Å². The summed E-state index contributed by atoms with van der Waals surface area (Å²) in [5.41, 5.74) is 2.61. The van der Waals surface area contributed by atoms with Crippen molar-refractivity contribution in [2.24, 2.45) is 11.8 Å². The van der Waals surface area contributed by atoms with Crippen LogP contribution in [0.4, 0.5) is 0 Å². The molecule has 1 N–H and O–H groups in total. The third-order valence-corrected chi connectivity index (χ3v) is 9.81. The minimum absolute atomic E-state index is 0.00158. The number of piperidine rings is 1. The quantitative estimate of drug-likeness (QED) is 0.455. The second-order valence-electron chi connectivity index (χ2n) is 12.3. The van der Waals surface area contributed by atoms with Crippen molar-refractivity contribution in [1.29, 1.82) is 0 Å². The van der Waals surface area contributed by atoms with Gasteiger partial charge < -0.3 is 19.6 Å². The van der Waals surface area contributed by atoms with Crippen LogP contribution in [0.25, 0.3) is 6.08 Å². The zero-order valence-corrected chi connectivity index (χ0v) is 24.7. The van der Waals surface area contributed by atoms with E-state index < -0.39 is 18.0 Å². The van der Waals surface area contributed by atoms with Crippen molar-refractivity contribution in [1.82, 2.24) is 20.3 Å². The average Bonchev–Trinajstić information content (AvgIpc) is 3.67. The summed E-state index contributed by atoms with van der Waals surface area (Å²) < 4.78 is 5.06. The molecule has 5 rings (SSSR count). The van der Waals surface area contributed by atoms with Crippen LogP contribution in [-0.2, 0) is 15.0 Å². The number of aromatic nitrogens is 1. The SMILES string of the molecule is CC[C@H](C)[C@@H](C(=O)N1CCC2(C=Cc3ccccc32)CC1)N(C)C(=O)C(CC1CCCCC1)NC(=O)c1ccno1. The molecular weight excluding hydrogens is 516 g/mol. The molecule has 2 heterocycles. The van der Waals surface area contributed by atoms with Gasteiger partial charge in [0.15, 0.2) is 0 Å². The summed E-state index contributed by atoms with van der Waals surface area (Å²) in [6.45, 7) is 5.40. The van der Waals surface area contributed by atoms with E-state index in [2.05, 4.69) is 53.8 Å². The highest BCUT2D eigenvalue weighted by molar-refractivity contribution is 5.96. The van der Waals surface area contributed by atoms with Gasteiger partial charge >= 0.3 is 0 Å². The highest BCUT2D eigenvalue weighted by Crippen LogP contribution is 2.43. The minimum atomic E-state index is -0.732.